The Morgan fingerprint density at radius 1 is 1.10 bits per heavy atom. The molecule has 0 saturated carbocycles. The van der Waals surface area contributed by atoms with Gasteiger partial charge in [0.25, 0.3) is 11.5 Å². The van der Waals surface area contributed by atoms with Gasteiger partial charge in [-0.3, -0.25) is 9.59 Å². The van der Waals surface area contributed by atoms with Gasteiger partial charge in [-0.2, -0.15) is 0 Å². The number of hydrogen-bond acceptors (Lipinski definition) is 6. The molecule has 0 radical (unpaired) electrons. The lowest BCUT2D eigenvalue weighted by Crippen LogP contribution is -2.43. The number of piperidine rings is 1. The number of nitrogens with one attached hydrogen (secondary N) is 3. The molecule has 2 aromatic carbocycles. The van der Waals surface area contributed by atoms with Crippen LogP contribution in [0.3, 0.4) is 0 Å². The zero-order valence-corrected chi connectivity index (χ0v) is 21.9. The Morgan fingerprint density at radius 3 is 2.51 bits per heavy atom. The lowest BCUT2D eigenvalue weighted by molar-refractivity contribution is 0.0617. The van der Waals surface area contributed by atoms with Gasteiger partial charge in [0.1, 0.15) is 17.6 Å². The highest BCUT2D eigenvalue weighted by Gasteiger charge is 2.35. The maximum absolute atomic E-state index is 14.1. The van der Waals surface area contributed by atoms with Gasteiger partial charge in [0.05, 0.1) is 16.7 Å². The molecule has 41 heavy (non-hydrogen) atoms. The van der Waals surface area contributed by atoms with Crippen molar-refractivity contribution in [1.29, 1.82) is 0 Å². The van der Waals surface area contributed by atoms with Crippen molar-refractivity contribution in [2.45, 2.75) is 38.1 Å². The van der Waals surface area contributed by atoms with Crippen LogP contribution in [0.25, 0.3) is 22.4 Å². The molecule has 2 aromatic heterocycles. The summed E-state index contributed by atoms with van der Waals surface area (Å²) >= 11 is 0. The Bertz CT molecular complexity index is 1700. The van der Waals surface area contributed by atoms with Crippen molar-refractivity contribution in [2.24, 2.45) is 0 Å². The number of pyridine rings is 1. The number of H-pyrrole nitrogens is 2. The molecule has 1 atom stereocenters. The molecule has 6 rings (SSSR count). The molecule has 0 unspecified atom stereocenters. The first-order valence-electron chi connectivity index (χ1n) is 13.1. The average molecular weight is 571 g/mol. The fourth-order valence-corrected chi connectivity index (χ4v) is 5.62. The molecule has 1 fully saturated rings. The maximum Gasteiger partial charge on any atom is 0.261 e. The standard InChI is InChI=1S/C28H26F4N6O3/c1-37-6-3-14(4-7-37)38-12-13-8-20-21(9-15(13)28(38)41)36-26(35-20)23-19(2-5-33-27(23)40)34-22(39)10-16-24(31)17(29)11-18(30)25(16)32/h2,5,8-9,11,14,22,39H,3-4,6-7,10,12H2,1H3,(H,35,36)(H2,33,34,40)/t22-/m0/s1. The molecule has 2 aliphatic heterocycles. The van der Waals surface area contributed by atoms with Crippen LogP contribution in [0.4, 0.5) is 23.2 Å². The van der Waals surface area contributed by atoms with Gasteiger partial charge in [-0.05, 0) is 56.7 Å². The van der Waals surface area contributed by atoms with Crippen LogP contribution in [0.5, 0.6) is 0 Å². The summed E-state index contributed by atoms with van der Waals surface area (Å²) in [5.41, 5.74) is 0.898. The summed E-state index contributed by atoms with van der Waals surface area (Å²) in [6.45, 7) is 2.33. The van der Waals surface area contributed by atoms with E-state index in [0.29, 0.717) is 23.1 Å². The van der Waals surface area contributed by atoms with E-state index in [1.807, 2.05) is 11.0 Å². The average Bonchev–Trinajstić information content (AvgIpc) is 3.49. The fraction of sp³-hybridized carbons (Fsp3) is 0.321. The van der Waals surface area contributed by atoms with Crippen LogP contribution in [0.1, 0.15) is 34.3 Å². The number of likely N-dealkylation sites (tertiary alicyclic amines) is 1. The maximum atomic E-state index is 14.1. The predicted molar refractivity (Wildman–Crippen MR) is 142 cm³/mol. The van der Waals surface area contributed by atoms with Gasteiger partial charge in [0.15, 0.2) is 23.3 Å². The first-order chi connectivity index (χ1) is 19.6. The van der Waals surface area contributed by atoms with Crippen molar-refractivity contribution < 1.29 is 27.5 Å². The van der Waals surface area contributed by atoms with E-state index in [0.717, 1.165) is 31.5 Å². The van der Waals surface area contributed by atoms with Gasteiger partial charge in [-0.25, -0.2) is 22.5 Å². The largest absolute Gasteiger partial charge is 0.373 e. The molecule has 1 saturated heterocycles. The highest BCUT2D eigenvalue weighted by Crippen LogP contribution is 2.33. The molecule has 9 nitrogen and oxygen atoms in total. The third-order valence-corrected chi connectivity index (χ3v) is 7.79. The zero-order chi connectivity index (χ0) is 29.0. The Morgan fingerprint density at radius 2 is 1.80 bits per heavy atom. The first kappa shape index (κ1) is 27.0. The van der Waals surface area contributed by atoms with Crippen LogP contribution in [-0.4, -0.2) is 68.2 Å². The number of fused-ring (bicyclic) bond motifs is 2. The highest BCUT2D eigenvalue weighted by atomic mass is 19.2. The summed E-state index contributed by atoms with van der Waals surface area (Å²) in [6, 6.07) is 5.17. The van der Waals surface area contributed by atoms with Crippen LogP contribution in [0.2, 0.25) is 0 Å². The number of hydrogen-bond donors (Lipinski definition) is 4. The van der Waals surface area contributed by atoms with Crippen LogP contribution in [-0.2, 0) is 13.0 Å². The van der Waals surface area contributed by atoms with Gasteiger partial charge < -0.3 is 30.2 Å². The third-order valence-electron chi connectivity index (χ3n) is 7.79. The number of halogens is 4. The minimum absolute atomic E-state index is 0.0199. The van der Waals surface area contributed by atoms with E-state index in [1.165, 1.54) is 12.3 Å². The number of aromatic amines is 2. The fourth-order valence-electron chi connectivity index (χ4n) is 5.62. The zero-order valence-electron chi connectivity index (χ0n) is 21.9. The van der Waals surface area contributed by atoms with Crippen molar-refractivity contribution in [3.8, 4) is 11.4 Å². The minimum Gasteiger partial charge on any atom is -0.373 e. The molecule has 13 heteroatoms. The number of amides is 1. The van der Waals surface area contributed by atoms with E-state index >= 15 is 0 Å². The van der Waals surface area contributed by atoms with Crippen molar-refractivity contribution in [3.63, 3.8) is 0 Å². The Labute approximate surface area is 230 Å². The Kier molecular flexibility index (Phi) is 6.78. The summed E-state index contributed by atoms with van der Waals surface area (Å²) in [4.78, 5) is 40.3. The molecule has 0 spiro atoms. The van der Waals surface area contributed by atoms with Gasteiger partial charge in [0, 0.05) is 42.4 Å². The summed E-state index contributed by atoms with van der Waals surface area (Å²) < 4.78 is 55.5. The second-order valence-electron chi connectivity index (χ2n) is 10.5. The number of nitrogens with zero attached hydrogens (tertiary/aromatic N) is 3. The van der Waals surface area contributed by atoms with Crippen LogP contribution in [0.15, 0.2) is 35.3 Å². The number of rotatable bonds is 6. The topological polar surface area (TPSA) is 117 Å². The van der Waals surface area contributed by atoms with Crippen molar-refractivity contribution in [2.75, 3.05) is 25.5 Å². The summed E-state index contributed by atoms with van der Waals surface area (Å²) in [5.74, 6) is -6.36. The van der Waals surface area contributed by atoms with Crippen LogP contribution in [0, 0.1) is 23.3 Å². The first-order valence-corrected chi connectivity index (χ1v) is 13.1. The summed E-state index contributed by atoms with van der Waals surface area (Å²) in [7, 11) is 2.06. The molecule has 0 bridgehead atoms. The number of benzene rings is 2. The second-order valence-corrected chi connectivity index (χ2v) is 10.5. The molecule has 214 valence electrons. The van der Waals surface area contributed by atoms with E-state index in [-0.39, 0.29) is 35.1 Å². The molecular weight excluding hydrogens is 544 g/mol. The van der Waals surface area contributed by atoms with E-state index < -0.39 is 47.0 Å². The SMILES string of the molecule is CN1CCC(N2Cc3cc4[nH]c(-c5c(N[C@@H](O)Cc6c(F)c(F)cc(F)c6F)cc[nH]c5=O)nc4cc3C2=O)CC1. The summed E-state index contributed by atoms with van der Waals surface area (Å²) in [5, 5.41) is 13.1. The number of carbonyl (C=O) groups excluding carboxylic acids is 1. The number of anilines is 1. The lowest BCUT2D eigenvalue weighted by atomic mass is 10.0. The number of aromatic nitrogens is 3. The Balaban J connectivity index is 1.27. The monoisotopic (exact) mass is 570 g/mol. The van der Waals surface area contributed by atoms with Crippen molar-refractivity contribution in [3.05, 3.63) is 80.8 Å². The van der Waals surface area contributed by atoms with Crippen LogP contribution >= 0.6 is 0 Å². The van der Waals surface area contributed by atoms with Crippen molar-refractivity contribution in [1.82, 2.24) is 24.8 Å². The normalized spacial score (nSPS) is 16.9. The quantitative estimate of drug-likeness (QED) is 0.160. The molecule has 1 amide bonds. The molecule has 4 N–H and O–H groups in total. The smallest absolute Gasteiger partial charge is 0.261 e. The number of carbonyl (C=O) groups is 1. The van der Waals surface area contributed by atoms with Gasteiger partial charge in [-0.1, -0.05) is 0 Å². The molecule has 0 aliphatic carbocycles. The molecule has 4 aromatic rings. The van der Waals surface area contributed by atoms with Gasteiger partial charge in [0.2, 0.25) is 0 Å². The highest BCUT2D eigenvalue weighted by molar-refractivity contribution is 6.02. The number of imidazole rings is 1. The number of aliphatic hydroxyl groups excluding tert-OH is 1. The van der Waals surface area contributed by atoms with Crippen molar-refractivity contribution >= 4 is 22.6 Å². The van der Waals surface area contributed by atoms with E-state index in [2.05, 4.69) is 32.2 Å². The van der Waals surface area contributed by atoms with E-state index in [1.54, 1.807) is 6.07 Å². The van der Waals surface area contributed by atoms with E-state index in [4.69, 9.17) is 0 Å². The number of aliphatic hydroxyl groups is 1. The Hall–Kier alpha value is -4.23. The minimum atomic E-state index is -1.72. The van der Waals surface area contributed by atoms with Gasteiger partial charge >= 0.3 is 0 Å². The van der Waals surface area contributed by atoms with Crippen LogP contribution < -0.4 is 10.9 Å². The lowest BCUT2D eigenvalue weighted by Gasteiger charge is -2.34. The third kappa shape index (κ3) is 4.84. The molecule has 4 heterocycles. The molecule has 2 aliphatic rings. The predicted octanol–water partition coefficient (Wildman–Crippen LogP) is 3.50. The van der Waals surface area contributed by atoms with Gasteiger partial charge in [-0.15, -0.1) is 0 Å². The molecular formula is C28H26F4N6O3. The second kappa shape index (κ2) is 10.3. The summed E-state index contributed by atoms with van der Waals surface area (Å²) in [6.07, 6.45) is 0.542. The van der Waals surface area contributed by atoms with E-state index in [9.17, 15) is 32.3 Å².